The van der Waals surface area contributed by atoms with Gasteiger partial charge in [0.1, 0.15) is 11.5 Å². The number of methoxy groups -OCH3 is 2. The van der Waals surface area contributed by atoms with Crippen LogP contribution in [0.2, 0.25) is 0 Å². The molecule has 0 spiro atoms. The Labute approximate surface area is 240 Å². The number of hydrogen-bond donors (Lipinski definition) is 0. The minimum atomic E-state index is -4.54. The van der Waals surface area contributed by atoms with Crippen LogP contribution < -0.4 is 48.8 Å². The molecule has 6 nitrogen and oxygen atoms in total. The number of para-hydroxylation sites is 1. The normalized spacial score (nSPS) is 15.2. The number of halogens is 4. The molecule has 0 atom stereocenters. The van der Waals surface area contributed by atoms with Crippen molar-refractivity contribution < 1.29 is 56.6 Å². The molecule has 38 heavy (non-hydrogen) atoms. The van der Waals surface area contributed by atoms with Gasteiger partial charge in [-0.2, -0.15) is 19.2 Å². The number of ether oxygens (including phenoxy) is 2. The Morgan fingerprint density at radius 1 is 0.868 bits per heavy atom. The molecule has 0 unspecified atom stereocenters. The van der Waals surface area contributed by atoms with Gasteiger partial charge >= 0.3 is 35.7 Å². The zero-order chi connectivity index (χ0) is 26.2. The van der Waals surface area contributed by atoms with Crippen LogP contribution in [0.1, 0.15) is 11.1 Å². The first kappa shape index (κ1) is 27.9. The molecule has 0 N–H and O–H groups in total. The summed E-state index contributed by atoms with van der Waals surface area (Å²) in [6, 6.07) is 15.6. The minimum Gasteiger partial charge on any atom is -0.497 e. The number of piperazine rings is 1. The Morgan fingerprint density at radius 2 is 1.58 bits per heavy atom. The summed E-state index contributed by atoms with van der Waals surface area (Å²) in [6.07, 6.45) is -4.54. The summed E-state index contributed by atoms with van der Waals surface area (Å²) in [4.78, 5) is 10.3. The van der Waals surface area contributed by atoms with Crippen LogP contribution in [0.4, 0.5) is 34.6 Å². The maximum absolute atomic E-state index is 14.7. The molecule has 0 bridgehead atoms. The van der Waals surface area contributed by atoms with Crippen molar-refractivity contribution in [2.24, 2.45) is 4.99 Å². The number of guanidine groups is 1. The molecule has 1 fully saturated rings. The fraction of sp³-hybridized carbons (Fsp3) is 0.259. The van der Waals surface area contributed by atoms with E-state index in [1.807, 2.05) is 29.2 Å². The fourth-order valence-corrected chi connectivity index (χ4v) is 4.53. The van der Waals surface area contributed by atoms with Crippen LogP contribution in [0.25, 0.3) is 0 Å². The van der Waals surface area contributed by atoms with Crippen LogP contribution in [0, 0.1) is 12.4 Å². The van der Waals surface area contributed by atoms with Crippen molar-refractivity contribution in [2.45, 2.75) is 6.18 Å². The maximum Gasteiger partial charge on any atom is 1.00 e. The van der Waals surface area contributed by atoms with Crippen molar-refractivity contribution in [2.75, 3.05) is 50.2 Å². The van der Waals surface area contributed by atoms with E-state index in [4.69, 9.17) is 9.47 Å². The Balaban J connectivity index is 0.00000336. The molecule has 0 saturated carbocycles. The average molecular weight is 537 g/mol. The van der Waals surface area contributed by atoms with Gasteiger partial charge in [-0.1, -0.05) is 12.6 Å². The van der Waals surface area contributed by atoms with E-state index in [-0.39, 0.29) is 46.7 Å². The minimum absolute atomic E-state index is 0. The van der Waals surface area contributed by atoms with Crippen LogP contribution >= 0.6 is 0 Å². The number of hydrogen-bond acceptors (Lipinski definition) is 6. The zero-order valence-corrected chi connectivity index (χ0v) is 23.3. The molecular weight excluding hydrogens is 511 g/mol. The molecule has 2 aliphatic heterocycles. The summed E-state index contributed by atoms with van der Waals surface area (Å²) in [5.41, 5.74) is 0.960. The third kappa shape index (κ3) is 5.52. The van der Waals surface area contributed by atoms with Crippen molar-refractivity contribution in [3.8, 4) is 11.5 Å². The summed E-state index contributed by atoms with van der Waals surface area (Å²) in [5.74, 6) is 0.824. The number of anilines is 2. The molecule has 0 aromatic heterocycles. The number of aliphatic imine (C=N–C) groups is 1. The number of nitrogens with zero attached hydrogens (tertiary/aromatic N) is 4. The SMILES string of the molecule is COc1cccc(N2CCN(C3=Nc4c(F)cccc4[CH-]N3c3cc(C(F)(F)F)ccc3OC)CC2)c1.[Na+]. The topological polar surface area (TPSA) is 40.5 Å². The van der Waals surface area contributed by atoms with Gasteiger partial charge in [-0.15, -0.1) is 11.6 Å². The maximum atomic E-state index is 14.7. The summed E-state index contributed by atoms with van der Waals surface area (Å²) < 4.78 is 66.2. The van der Waals surface area contributed by atoms with Crippen LogP contribution in [0.3, 0.4) is 0 Å². The Morgan fingerprint density at radius 3 is 2.26 bits per heavy atom. The molecule has 5 rings (SSSR count). The summed E-state index contributed by atoms with van der Waals surface area (Å²) >= 11 is 0. The van der Waals surface area contributed by atoms with Crippen molar-refractivity contribution in [3.63, 3.8) is 0 Å². The number of benzene rings is 3. The smallest absolute Gasteiger partial charge is 0.497 e. The molecule has 0 aliphatic carbocycles. The quantitative estimate of drug-likeness (QED) is 0.292. The molecule has 194 valence electrons. The van der Waals surface area contributed by atoms with E-state index >= 15 is 0 Å². The summed E-state index contributed by atoms with van der Waals surface area (Å²) in [7, 11) is 3.01. The molecule has 11 heteroatoms. The van der Waals surface area contributed by atoms with E-state index in [9.17, 15) is 17.6 Å². The Kier molecular flexibility index (Phi) is 8.34. The van der Waals surface area contributed by atoms with Gasteiger partial charge in [0, 0.05) is 43.6 Å². The van der Waals surface area contributed by atoms with Crippen molar-refractivity contribution in [3.05, 3.63) is 84.2 Å². The number of fused-ring (bicyclic) bond motifs is 1. The Bertz CT molecular complexity index is 1330. The third-order valence-electron chi connectivity index (χ3n) is 6.46. The average Bonchev–Trinajstić information content (AvgIpc) is 2.92. The Hall–Kier alpha value is -3.08. The van der Waals surface area contributed by atoms with Crippen LogP contribution in [0.5, 0.6) is 11.5 Å². The van der Waals surface area contributed by atoms with Crippen molar-refractivity contribution >= 4 is 23.0 Å². The molecule has 2 aliphatic rings. The van der Waals surface area contributed by atoms with E-state index in [2.05, 4.69) is 9.89 Å². The molecule has 3 aromatic carbocycles. The molecule has 1 saturated heterocycles. The van der Waals surface area contributed by atoms with Gasteiger partial charge < -0.3 is 24.2 Å². The first-order chi connectivity index (χ1) is 17.8. The van der Waals surface area contributed by atoms with Gasteiger partial charge in [0.15, 0.2) is 5.96 Å². The van der Waals surface area contributed by atoms with Crippen LogP contribution in [-0.4, -0.2) is 51.3 Å². The van der Waals surface area contributed by atoms with E-state index in [0.717, 1.165) is 23.6 Å². The van der Waals surface area contributed by atoms with Crippen molar-refractivity contribution in [1.29, 1.82) is 0 Å². The van der Waals surface area contributed by atoms with E-state index in [0.29, 0.717) is 37.7 Å². The van der Waals surface area contributed by atoms with Gasteiger partial charge in [0.2, 0.25) is 0 Å². The number of alkyl halides is 3. The zero-order valence-electron chi connectivity index (χ0n) is 21.3. The van der Waals surface area contributed by atoms with Gasteiger partial charge in [0.25, 0.3) is 0 Å². The van der Waals surface area contributed by atoms with Gasteiger partial charge in [-0.3, -0.25) is 4.99 Å². The largest absolute Gasteiger partial charge is 1.00 e. The molecule has 2 heterocycles. The molecule has 3 aromatic rings. The van der Waals surface area contributed by atoms with E-state index < -0.39 is 17.6 Å². The standard InChI is InChI=1S/C27H25F4N4O2.Na/c1-36-21-7-4-6-20(16-21)33-11-13-34(14-12-33)26-32-25-18(5-3-8-22(25)28)17-35(26)23-15-19(27(29,30)31)9-10-24(23)37-2;/h3-10,15-17H,11-14H2,1-2H3;/q-1;+1. The van der Waals surface area contributed by atoms with Gasteiger partial charge in [0.05, 0.1) is 31.3 Å². The summed E-state index contributed by atoms with van der Waals surface area (Å²) in [5, 5.41) is 0. The van der Waals surface area contributed by atoms with E-state index in [1.165, 1.54) is 19.2 Å². The second-order valence-electron chi connectivity index (χ2n) is 8.65. The molecular formula is C27H25F4N4NaO2. The van der Waals surface area contributed by atoms with Crippen LogP contribution in [0.15, 0.2) is 65.7 Å². The van der Waals surface area contributed by atoms with Crippen molar-refractivity contribution in [1.82, 2.24) is 4.90 Å². The molecule has 0 radical (unpaired) electrons. The predicted molar refractivity (Wildman–Crippen MR) is 134 cm³/mol. The van der Waals surface area contributed by atoms with Gasteiger partial charge in [-0.05, 0) is 36.4 Å². The first-order valence-corrected chi connectivity index (χ1v) is 11.7. The second-order valence-corrected chi connectivity index (χ2v) is 8.65. The predicted octanol–water partition coefficient (Wildman–Crippen LogP) is 2.71. The van der Waals surface area contributed by atoms with E-state index in [1.54, 1.807) is 30.7 Å². The first-order valence-electron chi connectivity index (χ1n) is 11.7. The monoisotopic (exact) mass is 536 g/mol. The van der Waals surface area contributed by atoms with Crippen LogP contribution in [-0.2, 0) is 6.18 Å². The summed E-state index contributed by atoms with van der Waals surface area (Å²) in [6.45, 7) is 3.90. The van der Waals surface area contributed by atoms with Gasteiger partial charge in [-0.25, -0.2) is 4.39 Å². The fourth-order valence-electron chi connectivity index (χ4n) is 4.53. The molecule has 0 amide bonds. The third-order valence-corrected chi connectivity index (χ3v) is 6.46. The number of rotatable bonds is 4. The second kappa shape index (κ2) is 11.3.